The van der Waals surface area contributed by atoms with Crippen LogP contribution in [-0.4, -0.2) is 35.5 Å². The Morgan fingerprint density at radius 1 is 1.28 bits per heavy atom. The molecule has 1 saturated heterocycles. The van der Waals surface area contributed by atoms with E-state index in [1.165, 1.54) is 19.3 Å². The van der Waals surface area contributed by atoms with Gasteiger partial charge in [-0.1, -0.05) is 12.5 Å². The highest BCUT2D eigenvalue weighted by Crippen LogP contribution is 2.24. The zero-order valence-electron chi connectivity index (χ0n) is 14.6. The first kappa shape index (κ1) is 17.5. The van der Waals surface area contributed by atoms with Gasteiger partial charge in [0, 0.05) is 18.9 Å². The summed E-state index contributed by atoms with van der Waals surface area (Å²) in [5.41, 5.74) is 0.983. The Balaban J connectivity index is 1.56. The second-order valence-electron chi connectivity index (χ2n) is 6.49. The van der Waals surface area contributed by atoms with Crippen LogP contribution in [0.25, 0.3) is 0 Å². The molecular formula is C19H26N4O2. The number of carbonyl (C=O) groups excluding carboxylic acids is 1. The van der Waals surface area contributed by atoms with Gasteiger partial charge in [0.15, 0.2) is 0 Å². The predicted octanol–water partition coefficient (Wildman–Crippen LogP) is 3.26. The Hall–Kier alpha value is -2.34. The molecule has 2 amide bonds. The summed E-state index contributed by atoms with van der Waals surface area (Å²) in [6.07, 6.45) is 8.85. The number of likely N-dealkylation sites (tertiary alicyclic amines) is 1. The monoisotopic (exact) mass is 342 g/mol. The molecule has 0 radical (unpaired) electrons. The minimum absolute atomic E-state index is 0.0785. The van der Waals surface area contributed by atoms with Crippen LogP contribution in [0.5, 0.6) is 0 Å². The molecule has 2 N–H and O–H groups in total. The Morgan fingerprint density at radius 2 is 2.12 bits per heavy atom. The van der Waals surface area contributed by atoms with Crippen LogP contribution in [0.3, 0.4) is 0 Å². The molecular weight excluding hydrogens is 316 g/mol. The third kappa shape index (κ3) is 4.82. The van der Waals surface area contributed by atoms with Crippen molar-refractivity contribution >= 4 is 6.03 Å². The molecule has 6 nitrogen and oxygen atoms in total. The van der Waals surface area contributed by atoms with Crippen molar-refractivity contribution in [1.29, 1.82) is 0 Å². The molecule has 2 aromatic heterocycles. The van der Waals surface area contributed by atoms with Crippen LogP contribution < -0.4 is 10.6 Å². The lowest BCUT2D eigenvalue weighted by molar-refractivity contribution is 0.143. The zero-order chi connectivity index (χ0) is 17.5. The maximum atomic E-state index is 12.3. The summed E-state index contributed by atoms with van der Waals surface area (Å²) < 4.78 is 5.61. The standard InChI is InChI=1S/C19H26N4O2/c1-15(16-7-5-9-20-13-16)22-19(24)21-14-17(18-8-6-12-25-18)23-10-3-2-4-11-23/h5-9,12-13,15,17H,2-4,10-11,14H2,1H3,(H2,21,22,24)/t15-,17+/m0/s1. The lowest BCUT2D eigenvalue weighted by atomic mass is 10.1. The molecule has 3 rings (SSSR count). The third-order valence-corrected chi connectivity index (χ3v) is 4.69. The van der Waals surface area contributed by atoms with Gasteiger partial charge in [0.25, 0.3) is 0 Å². The van der Waals surface area contributed by atoms with Gasteiger partial charge in [0.05, 0.1) is 18.3 Å². The molecule has 0 saturated carbocycles. The van der Waals surface area contributed by atoms with Crippen LogP contribution in [0.15, 0.2) is 47.3 Å². The van der Waals surface area contributed by atoms with E-state index in [1.54, 1.807) is 18.7 Å². The Labute approximate surface area is 148 Å². The average molecular weight is 342 g/mol. The van der Waals surface area contributed by atoms with Gasteiger partial charge in [-0.25, -0.2) is 4.79 Å². The number of furan rings is 1. The van der Waals surface area contributed by atoms with Crippen LogP contribution in [0.4, 0.5) is 4.79 Å². The van der Waals surface area contributed by atoms with E-state index in [9.17, 15) is 4.79 Å². The Morgan fingerprint density at radius 3 is 2.80 bits per heavy atom. The number of pyridine rings is 1. The molecule has 6 heteroatoms. The maximum absolute atomic E-state index is 12.3. The fourth-order valence-electron chi connectivity index (χ4n) is 3.27. The fraction of sp³-hybridized carbons (Fsp3) is 0.474. The number of aromatic nitrogens is 1. The highest BCUT2D eigenvalue weighted by atomic mass is 16.3. The van der Waals surface area contributed by atoms with E-state index in [1.807, 2.05) is 31.2 Å². The topological polar surface area (TPSA) is 70.4 Å². The van der Waals surface area contributed by atoms with Gasteiger partial charge in [0.2, 0.25) is 0 Å². The molecule has 0 bridgehead atoms. The summed E-state index contributed by atoms with van der Waals surface area (Å²) in [6.45, 7) is 4.56. The lowest BCUT2D eigenvalue weighted by Gasteiger charge is -2.33. The summed E-state index contributed by atoms with van der Waals surface area (Å²) in [5, 5.41) is 5.96. The van der Waals surface area contributed by atoms with Crippen molar-refractivity contribution in [1.82, 2.24) is 20.5 Å². The second-order valence-corrected chi connectivity index (χ2v) is 6.49. The van der Waals surface area contributed by atoms with Crippen molar-refractivity contribution in [2.75, 3.05) is 19.6 Å². The van der Waals surface area contributed by atoms with E-state index in [4.69, 9.17) is 4.42 Å². The number of piperidine rings is 1. The molecule has 0 aromatic carbocycles. The van der Waals surface area contributed by atoms with E-state index in [2.05, 4.69) is 20.5 Å². The first-order valence-corrected chi connectivity index (χ1v) is 8.96. The summed E-state index contributed by atoms with van der Waals surface area (Å²) in [5.74, 6) is 0.905. The fourth-order valence-corrected chi connectivity index (χ4v) is 3.27. The summed E-state index contributed by atoms with van der Waals surface area (Å²) in [6, 6.07) is 7.52. The molecule has 1 aliphatic heterocycles. The Bertz CT molecular complexity index is 639. The van der Waals surface area contributed by atoms with E-state index in [0.717, 1.165) is 24.4 Å². The normalized spacial score (nSPS) is 17.6. The van der Waals surface area contributed by atoms with Gasteiger partial charge in [-0.2, -0.15) is 0 Å². The number of hydrogen-bond acceptors (Lipinski definition) is 4. The molecule has 2 atom stereocenters. The second kappa shape index (κ2) is 8.67. The number of nitrogens with zero attached hydrogens (tertiary/aromatic N) is 2. The minimum atomic E-state index is -0.176. The molecule has 134 valence electrons. The number of rotatable bonds is 6. The van der Waals surface area contributed by atoms with Crippen LogP contribution in [0.2, 0.25) is 0 Å². The highest BCUT2D eigenvalue weighted by Gasteiger charge is 2.25. The van der Waals surface area contributed by atoms with Crippen LogP contribution >= 0.6 is 0 Å². The van der Waals surface area contributed by atoms with Crippen molar-refractivity contribution in [3.05, 3.63) is 54.2 Å². The largest absolute Gasteiger partial charge is 0.468 e. The number of urea groups is 1. The SMILES string of the molecule is C[C@H](NC(=O)NC[C@H](c1ccco1)N1CCCCC1)c1cccnc1. The molecule has 1 aliphatic rings. The van der Waals surface area contributed by atoms with E-state index in [0.29, 0.717) is 6.54 Å². The van der Waals surface area contributed by atoms with Crippen molar-refractivity contribution in [2.45, 2.75) is 38.3 Å². The van der Waals surface area contributed by atoms with Gasteiger partial charge in [0.1, 0.15) is 5.76 Å². The summed E-state index contributed by atoms with van der Waals surface area (Å²) >= 11 is 0. The van der Waals surface area contributed by atoms with Gasteiger partial charge in [-0.3, -0.25) is 9.88 Å². The summed E-state index contributed by atoms with van der Waals surface area (Å²) in [4.78, 5) is 18.8. The quantitative estimate of drug-likeness (QED) is 0.845. The Kier molecular flexibility index (Phi) is 6.06. The first-order valence-electron chi connectivity index (χ1n) is 8.96. The van der Waals surface area contributed by atoms with Gasteiger partial charge < -0.3 is 15.1 Å². The third-order valence-electron chi connectivity index (χ3n) is 4.69. The van der Waals surface area contributed by atoms with Crippen molar-refractivity contribution in [3.63, 3.8) is 0 Å². The number of nitrogens with one attached hydrogen (secondary N) is 2. The number of amides is 2. The van der Waals surface area contributed by atoms with E-state index < -0.39 is 0 Å². The van der Waals surface area contributed by atoms with Gasteiger partial charge >= 0.3 is 6.03 Å². The maximum Gasteiger partial charge on any atom is 0.315 e. The zero-order valence-corrected chi connectivity index (χ0v) is 14.6. The van der Waals surface area contributed by atoms with Gasteiger partial charge in [-0.05, 0) is 56.6 Å². The van der Waals surface area contributed by atoms with Crippen LogP contribution in [-0.2, 0) is 0 Å². The molecule has 2 aromatic rings. The van der Waals surface area contributed by atoms with Crippen molar-refractivity contribution < 1.29 is 9.21 Å². The molecule has 0 spiro atoms. The lowest BCUT2D eigenvalue weighted by Crippen LogP contribution is -2.44. The number of carbonyl (C=O) groups is 1. The van der Waals surface area contributed by atoms with Crippen molar-refractivity contribution in [3.8, 4) is 0 Å². The van der Waals surface area contributed by atoms with E-state index in [-0.39, 0.29) is 18.1 Å². The first-order chi connectivity index (χ1) is 12.2. The van der Waals surface area contributed by atoms with E-state index >= 15 is 0 Å². The molecule has 3 heterocycles. The predicted molar refractivity (Wildman–Crippen MR) is 96.1 cm³/mol. The molecule has 1 fully saturated rings. The highest BCUT2D eigenvalue weighted by molar-refractivity contribution is 5.74. The molecule has 25 heavy (non-hydrogen) atoms. The van der Waals surface area contributed by atoms with Crippen LogP contribution in [0, 0.1) is 0 Å². The molecule has 0 unspecified atom stereocenters. The van der Waals surface area contributed by atoms with Crippen molar-refractivity contribution in [2.24, 2.45) is 0 Å². The smallest absolute Gasteiger partial charge is 0.315 e. The summed E-state index contributed by atoms with van der Waals surface area (Å²) in [7, 11) is 0. The number of hydrogen-bond donors (Lipinski definition) is 2. The minimum Gasteiger partial charge on any atom is -0.468 e. The molecule has 0 aliphatic carbocycles. The average Bonchev–Trinajstić information content (AvgIpc) is 3.18. The van der Waals surface area contributed by atoms with Gasteiger partial charge in [-0.15, -0.1) is 0 Å². The van der Waals surface area contributed by atoms with Crippen LogP contribution in [0.1, 0.15) is 49.6 Å².